The van der Waals surface area contributed by atoms with Crippen molar-refractivity contribution in [3.63, 3.8) is 0 Å². The molecule has 0 N–H and O–H groups in total. The minimum atomic E-state index is -4.57. The van der Waals surface area contributed by atoms with Crippen molar-refractivity contribution in [3.05, 3.63) is 27.7 Å². The molecule has 0 spiro atoms. The number of nitrogens with zero attached hydrogens (tertiary/aromatic N) is 1. The molecule has 1 aliphatic heterocycles. The van der Waals surface area contributed by atoms with E-state index in [-0.39, 0.29) is 18.9 Å². The molecule has 0 radical (unpaired) electrons. The summed E-state index contributed by atoms with van der Waals surface area (Å²) < 4.78 is 34.7. The maximum absolute atomic E-state index is 12.6. The molecule has 0 aromatic heterocycles. The summed E-state index contributed by atoms with van der Waals surface area (Å²) in [6.07, 6.45) is 0.00947. The minimum Gasteiger partial charge on any atom is -0.311 e. The Balaban J connectivity index is 2.20. The van der Waals surface area contributed by atoms with Crippen molar-refractivity contribution in [1.82, 2.24) is 0 Å². The minimum absolute atomic E-state index is 0.00947. The van der Waals surface area contributed by atoms with Gasteiger partial charge in [0.25, 0.3) is 0 Å². The van der Waals surface area contributed by atoms with Gasteiger partial charge in [-0.2, -0.15) is 8.42 Å². The normalized spacial score (nSPS) is 20.1. The van der Waals surface area contributed by atoms with E-state index in [0.717, 1.165) is 4.47 Å². The van der Waals surface area contributed by atoms with Gasteiger partial charge in [-0.15, -0.1) is 3.89 Å². The van der Waals surface area contributed by atoms with E-state index in [4.69, 9.17) is 11.6 Å². The van der Waals surface area contributed by atoms with Gasteiger partial charge in [0.2, 0.25) is 5.91 Å². The molecule has 1 aromatic rings. The Morgan fingerprint density at radius 2 is 2.16 bits per heavy atom. The third kappa shape index (κ3) is 3.67. The molecular weight excluding hydrogens is 361 g/mol. The molecule has 1 saturated heterocycles. The second-order valence-electron chi connectivity index (χ2n) is 4.38. The van der Waals surface area contributed by atoms with E-state index >= 15 is 0 Å². The van der Waals surface area contributed by atoms with Gasteiger partial charge < -0.3 is 4.90 Å². The highest BCUT2D eigenvalue weighted by Gasteiger charge is 2.34. The lowest BCUT2D eigenvalue weighted by Crippen LogP contribution is -2.25. The topological polar surface area (TPSA) is 54.5 Å². The van der Waals surface area contributed by atoms with Crippen LogP contribution in [0.4, 0.5) is 9.57 Å². The zero-order valence-corrected chi connectivity index (χ0v) is 12.8. The summed E-state index contributed by atoms with van der Waals surface area (Å²) in [5, 5.41) is 0.381. The number of carbonyl (C=O) groups excluding carboxylic acids is 1. The molecule has 1 heterocycles. The molecule has 1 aliphatic rings. The van der Waals surface area contributed by atoms with Gasteiger partial charge in [0.1, 0.15) is 0 Å². The average molecular weight is 371 g/mol. The first-order valence-electron chi connectivity index (χ1n) is 5.44. The fourth-order valence-electron chi connectivity index (χ4n) is 2.11. The van der Waals surface area contributed by atoms with E-state index in [9.17, 15) is 17.1 Å². The molecule has 4 nitrogen and oxygen atoms in total. The summed E-state index contributed by atoms with van der Waals surface area (Å²) in [6.45, 7) is 0.156. The highest BCUT2D eigenvalue weighted by molar-refractivity contribution is 9.10. The summed E-state index contributed by atoms with van der Waals surface area (Å²) in [4.78, 5) is 13.2. The molecule has 8 heteroatoms. The first kappa shape index (κ1) is 14.7. The molecule has 0 aliphatic carbocycles. The van der Waals surface area contributed by atoms with E-state index in [0.29, 0.717) is 10.7 Å². The number of hydrogen-bond donors (Lipinski definition) is 0. The molecule has 1 amide bonds. The molecule has 1 atom stereocenters. The predicted molar refractivity (Wildman–Crippen MR) is 74.5 cm³/mol. The van der Waals surface area contributed by atoms with Crippen molar-refractivity contribution in [3.8, 4) is 0 Å². The van der Waals surface area contributed by atoms with E-state index < -0.39 is 21.9 Å². The van der Waals surface area contributed by atoms with Crippen LogP contribution >= 0.6 is 27.5 Å². The Kier molecular flexibility index (Phi) is 4.17. The molecule has 1 unspecified atom stereocenters. The third-order valence-electron chi connectivity index (χ3n) is 2.84. The number of benzene rings is 1. The van der Waals surface area contributed by atoms with Gasteiger partial charge in [0, 0.05) is 23.4 Å². The second kappa shape index (κ2) is 5.38. The van der Waals surface area contributed by atoms with Crippen molar-refractivity contribution in [2.45, 2.75) is 6.42 Å². The van der Waals surface area contributed by atoms with Crippen LogP contribution in [0.1, 0.15) is 6.42 Å². The van der Waals surface area contributed by atoms with Gasteiger partial charge in [-0.3, -0.25) is 4.79 Å². The lowest BCUT2D eigenvalue weighted by Gasteiger charge is -2.18. The quantitative estimate of drug-likeness (QED) is 0.769. The lowest BCUT2D eigenvalue weighted by atomic mass is 10.1. The maximum atomic E-state index is 12.6. The first-order chi connectivity index (χ1) is 8.76. The number of anilines is 1. The fourth-order valence-corrected chi connectivity index (χ4v) is 3.67. The lowest BCUT2D eigenvalue weighted by molar-refractivity contribution is -0.117. The Labute approximate surface area is 123 Å². The van der Waals surface area contributed by atoms with Crippen molar-refractivity contribution in [2.24, 2.45) is 5.92 Å². The van der Waals surface area contributed by atoms with Gasteiger partial charge in [0.05, 0.1) is 16.5 Å². The van der Waals surface area contributed by atoms with E-state index in [1.54, 1.807) is 18.2 Å². The number of carbonyl (C=O) groups is 1. The molecule has 1 fully saturated rings. The zero-order chi connectivity index (χ0) is 14.2. The molecule has 0 bridgehead atoms. The maximum Gasteiger partial charge on any atom is 0.302 e. The van der Waals surface area contributed by atoms with Gasteiger partial charge in [-0.1, -0.05) is 27.5 Å². The van der Waals surface area contributed by atoms with Crippen molar-refractivity contribution in [1.29, 1.82) is 0 Å². The van der Waals surface area contributed by atoms with Gasteiger partial charge >= 0.3 is 10.2 Å². The number of hydrogen-bond acceptors (Lipinski definition) is 3. The Morgan fingerprint density at radius 1 is 1.47 bits per heavy atom. The van der Waals surface area contributed by atoms with Crippen LogP contribution in [0.3, 0.4) is 0 Å². The average Bonchev–Trinajstić information content (AvgIpc) is 2.56. The SMILES string of the molecule is O=C1CC(CS(=O)(=O)F)CN1c1ccc(Br)cc1Cl. The summed E-state index contributed by atoms with van der Waals surface area (Å²) in [7, 11) is -4.57. The van der Waals surface area contributed by atoms with Crippen LogP contribution in [0, 0.1) is 5.92 Å². The largest absolute Gasteiger partial charge is 0.311 e. The Hall–Kier alpha value is -0.660. The van der Waals surface area contributed by atoms with Crippen LogP contribution in [0.5, 0.6) is 0 Å². The Bertz CT molecular complexity index is 622. The first-order valence-corrected chi connectivity index (χ1v) is 8.16. The van der Waals surface area contributed by atoms with Gasteiger partial charge in [-0.05, 0) is 18.2 Å². The molecule has 104 valence electrons. The molecular formula is C11H10BrClFNO3S. The number of rotatable bonds is 3. The van der Waals surface area contributed by atoms with Crippen LogP contribution in [-0.2, 0) is 15.0 Å². The van der Waals surface area contributed by atoms with Crippen molar-refractivity contribution in [2.75, 3.05) is 17.2 Å². The smallest absolute Gasteiger partial charge is 0.302 e. The van der Waals surface area contributed by atoms with Crippen molar-refractivity contribution >= 4 is 49.3 Å². The summed E-state index contributed by atoms with van der Waals surface area (Å²) in [5.74, 6) is -1.43. The van der Waals surface area contributed by atoms with Crippen LogP contribution in [0.25, 0.3) is 0 Å². The fraction of sp³-hybridized carbons (Fsp3) is 0.364. The second-order valence-corrected chi connectivity index (χ2v) is 7.11. The van der Waals surface area contributed by atoms with Gasteiger partial charge in [0.15, 0.2) is 0 Å². The van der Waals surface area contributed by atoms with Gasteiger partial charge in [-0.25, -0.2) is 0 Å². The number of halogens is 3. The zero-order valence-electron chi connectivity index (χ0n) is 9.64. The molecule has 2 rings (SSSR count). The van der Waals surface area contributed by atoms with E-state index in [2.05, 4.69) is 15.9 Å². The van der Waals surface area contributed by atoms with E-state index in [1.165, 1.54) is 4.90 Å². The summed E-state index contributed by atoms with van der Waals surface area (Å²) in [6, 6.07) is 5.04. The summed E-state index contributed by atoms with van der Waals surface area (Å²) in [5.41, 5.74) is 0.508. The molecule has 0 saturated carbocycles. The number of amides is 1. The molecule has 19 heavy (non-hydrogen) atoms. The predicted octanol–water partition coefficient (Wildman–Crippen LogP) is 2.75. The third-order valence-corrected chi connectivity index (χ3v) is 4.51. The van der Waals surface area contributed by atoms with Crippen LogP contribution in [-0.4, -0.2) is 26.6 Å². The highest BCUT2D eigenvalue weighted by atomic mass is 79.9. The van der Waals surface area contributed by atoms with E-state index in [1.807, 2.05) is 0 Å². The highest BCUT2D eigenvalue weighted by Crippen LogP contribution is 2.33. The Morgan fingerprint density at radius 3 is 2.74 bits per heavy atom. The van der Waals surface area contributed by atoms with Crippen LogP contribution in [0.15, 0.2) is 22.7 Å². The molecule has 1 aromatic carbocycles. The summed E-state index contributed by atoms with van der Waals surface area (Å²) >= 11 is 9.29. The monoisotopic (exact) mass is 369 g/mol. The standard InChI is InChI=1S/C11H10BrClFNO3S/c12-8-1-2-10(9(13)4-8)15-5-7(3-11(15)16)6-19(14,17)18/h1-2,4,7H,3,5-6H2. The van der Waals surface area contributed by atoms with Crippen LogP contribution in [0.2, 0.25) is 5.02 Å². The van der Waals surface area contributed by atoms with Crippen LogP contribution < -0.4 is 4.90 Å². The van der Waals surface area contributed by atoms with Crippen molar-refractivity contribution < 1.29 is 17.1 Å².